The predicted octanol–water partition coefficient (Wildman–Crippen LogP) is 3.06. The van der Waals surface area contributed by atoms with Crippen molar-refractivity contribution in [1.29, 1.82) is 0 Å². The lowest BCUT2D eigenvalue weighted by atomic mass is 10.1. The summed E-state index contributed by atoms with van der Waals surface area (Å²) < 4.78 is 28.3. The van der Waals surface area contributed by atoms with Crippen molar-refractivity contribution in [2.24, 2.45) is 0 Å². The van der Waals surface area contributed by atoms with Gasteiger partial charge in [-0.15, -0.1) is 0 Å². The fourth-order valence-corrected chi connectivity index (χ4v) is 3.22. The molecule has 1 aromatic carbocycles. The first-order valence-electron chi connectivity index (χ1n) is 6.04. The second-order valence-corrected chi connectivity index (χ2v) is 7.16. The van der Waals surface area contributed by atoms with Gasteiger partial charge in [0.1, 0.15) is 10.6 Å². The lowest BCUT2D eigenvalue weighted by Gasteiger charge is -2.07. The van der Waals surface area contributed by atoms with Crippen molar-refractivity contribution < 1.29 is 17.9 Å². The molecule has 0 unspecified atom stereocenters. The Labute approximate surface area is 127 Å². The monoisotopic (exact) mass is 322 g/mol. The van der Waals surface area contributed by atoms with E-state index in [2.05, 4.69) is 0 Å². The summed E-state index contributed by atoms with van der Waals surface area (Å²) in [4.78, 5) is 12.2. The lowest BCUT2D eigenvalue weighted by Crippen LogP contribution is -2.03. The maximum atomic E-state index is 12.1. The molecule has 0 fully saturated rings. The molecule has 0 amide bonds. The molecule has 21 heavy (non-hydrogen) atoms. The van der Waals surface area contributed by atoms with E-state index in [0.29, 0.717) is 5.56 Å². The number of ether oxygens (including phenoxy) is 1. The average molecular weight is 322 g/mol. The van der Waals surface area contributed by atoms with E-state index in [-0.39, 0.29) is 16.4 Å². The quantitative estimate of drug-likeness (QED) is 0.627. The Morgan fingerprint density at radius 2 is 2.05 bits per heavy atom. The van der Waals surface area contributed by atoms with Gasteiger partial charge in [-0.3, -0.25) is 4.79 Å². The summed E-state index contributed by atoms with van der Waals surface area (Å²) >= 11 is 1.55. The highest BCUT2D eigenvalue weighted by Crippen LogP contribution is 2.25. The topological polar surface area (TPSA) is 60.4 Å². The Kier molecular flexibility index (Phi) is 4.59. The standard InChI is InChI=1S/C15H14O4S2/c1-19-14-9-12(4-6-15(14)21(2,17)18)13(16)5-3-11-7-8-20-10-11/h3-10H,1-2H3. The molecule has 0 saturated carbocycles. The fraction of sp³-hybridized carbons (Fsp3) is 0.133. The van der Waals surface area contributed by atoms with Crippen LogP contribution in [0.1, 0.15) is 15.9 Å². The first kappa shape index (κ1) is 15.5. The van der Waals surface area contributed by atoms with E-state index in [4.69, 9.17) is 4.74 Å². The molecule has 0 aliphatic heterocycles. The molecule has 0 saturated heterocycles. The summed E-state index contributed by atoms with van der Waals surface area (Å²) in [5.74, 6) is -0.0353. The van der Waals surface area contributed by atoms with Crippen molar-refractivity contribution in [3.8, 4) is 5.75 Å². The van der Waals surface area contributed by atoms with Crippen LogP contribution in [0.3, 0.4) is 0 Å². The zero-order chi connectivity index (χ0) is 15.5. The number of hydrogen-bond donors (Lipinski definition) is 0. The van der Waals surface area contributed by atoms with E-state index < -0.39 is 9.84 Å². The second kappa shape index (κ2) is 6.24. The third kappa shape index (κ3) is 3.80. The SMILES string of the molecule is COc1cc(C(=O)C=Cc2ccsc2)ccc1S(C)(=O)=O. The summed E-state index contributed by atoms with van der Waals surface area (Å²) in [5, 5.41) is 3.85. The molecular weight excluding hydrogens is 308 g/mol. The molecule has 0 aliphatic rings. The summed E-state index contributed by atoms with van der Waals surface area (Å²) in [6.07, 6.45) is 4.27. The van der Waals surface area contributed by atoms with Crippen LogP contribution in [-0.4, -0.2) is 27.6 Å². The van der Waals surface area contributed by atoms with Crippen LogP contribution < -0.4 is 4.74 Å². The molecule has 0 aliphatic carbocycles. The van der Waals surface area contributed by atoms with Gasteiger partial charge in [-0.25, -0.2) is 8.42 Å². The summed E-state index contributed by atoms with van der Waals surface area (Å²) in [6.45, 7) is 0. The number of thiophene rings is 1. The number of methoxy groups -OCH3 is 1. The van der Waals surface area contributed by atoms with Crippen molar-refractivity contribution in [3.63, 3.8) is 0 Å². The summed E-state index contributed by atoms with van der Waals surface area (Å²) in [7, 11) is -2.01. The normalized spacial score (nSPS) is 11.7. The Morgan fingerprint density at radius 1 is 1.29 bits per heavy atom. The van der Waals surface area contributed by atoms with Gasteiger partial charge in [0.15, 0.2) is 15.6 Å². The highest BCUT2D eigenvalue weighted by Gasteiger charge is 2.16. The van der Waals surface area contributed by atoms with Crippen molar-refractivity contribution >= 4 is 33.0 Å². The molecule has 6 heteroatoms. The van der Waals surface area contributed by atoms with Crippen molar-refractivity contribution in [3.05, 3.63) is 52.2 Å². The lowest BCUT2D eigenvalue weighted by molar-refractivity contribution is 0.104. The van der Waals surface area contributed by atoms with Crippen LogP contribution >= 0.6 is 11.3 Å². The van der Waals surface area contributed by atoms with Crippen LogP contribution in [0.2, 0.25) is 0 Å². The highest BCUT2D eigenvalue weighted by atomic mass is 32.2. The van der Waals surface area contributed by atoms with E-state index in [1.807, 2.05) is 16.8 Å². The summed E-state index contributed by atoms with van der Waals surface area (Å²) in [6, 6.07) is 6.22. The number of ketones is 1. The van der Waals surface area contributed by atoms with Gasteiger partial charge in [-0.1, -0.05) is 6.08 Å². The van der Waals surface area contributed by atoms with E-state index in [9.17, 15) is 13.2 Å². The molecule has 4 nitrogen and oxygen atoms in total. The Balaban J connectivity index is 2.31. The molecule has 0 radical (unpaired) electrons. The molecule has 1 heterocycles. The molecule has 0 spiro atoms. The van der Waals surface area contributed by atoms with Gasteiger partial charge in [-0.2, -0.15) is 11.3 Å². The zero-order valence-electron chi connectivity index (χ0n) is 11.6. The minimum absolute atomic E-state index is 0.0726. The molecule has 0 atom stereocenters. The molecule has 110 valence electrons. The van der Waals surface area contributed by atoms with Crippen LogP contribution in [0.25, 0.3) is 6.08 Å². The highest BCUT2D eigenvalue weighted by molar-refractivity contribution is 7.90. The zero-order valence-corrected chi connectivity index (χ0v) is 13.2. The Bertz CT molecular complexity index is 772. The second-order valence-electron chi connectivity index (χ2n) is 4.39. The smallest absolute Gasteiger partial charge is 0.185 e. The van der Waals surface area contributed by atoms with Gasteiger partial charge in [0, 0.05) is 11.8 Å². The number of rotatable bonds is 5. The van der Waals surface area contributed by atoms with Crippen molar-refractivity contribution in [2.75, 3.05) is 13.4 Å². The fourth-order valence-electron chi connectivity index (χ4n) is 1.77. The number of hydrogen-bond acceptors (Lipinski definition) is 5. The molecule has 2 aromatic rings. The van der Waals surface area contributed by atoms with Crippen LogP contribution in [0, 0.1) is 0 Å². The van der Waals surface area contributed by atoms with Crippen molar-refractivity contribution in [2.45, 2.75) is 4.90 Å². The van der Waals surface area contributed by atoms with Gasteiger partial charge >= 0.3 is 0 Å². The molecular formula is C15H14O4S2. The maximum Gasteiger partial charge on any atom is 0.185 e. The molecule has 0 bridgehead atoms. The van der Waals surface area contributed by atoms with E-state index >= 15 is 0 Å². The maximum absolute atomic E-state index is 12.1. The van der Waals surface area contributed by atoms with Crippen LogP contribution in [-0.2, 0) is 9.84 Å². The van der Waals surface area contributed by atoms with E-state index in [1.54, 1.807) is 17.4 Å². The molecule has 2 rings (SSSR count). The van der Waals surface area contributed by atoms with E-state index in [1.165, 1.54) is 31.4 Å². The number of sulfone groups is 1. The largest absolute Gasteiger partial charge is 0.495 e. The summed E-state index contributed by atoms with van der Waals surface area (Å²) in [5.41, 5.74) is 1.33. The Hall–Kier alpha value is -1.92. The third-order valence-electron chi connectivity index (χ3n) is 2.82. The van der Waals surface area contributed by atoms with E-state index in [0.717, 1.165) is 11.8 Å². The van der Waals surface area contributed by atoms with Crippen LogP contribution in [0.15, 0.2) is 46.0 Å². The van der Waals surface area contributed by atoms with Crippen LogP contribution in [0.5, 0.6) is 5.75 Å². The first-order valence-corrected chi connectivity index (χ1v) is 8.88. The predicted molar refractivity (Wildman–Crippen MR) is 83.8 cm³/mol. The van der Waals surface area contributed by atoms with Gasteiger partial charge in [0.2, 0.25) is 0 Å². The number of carbonyl (C=O) groups is 1. The number of carbonyl (C=O) groups excluding carboxylic acids is 1. The van der Waals surface area contributed by atoms with Crippen molar-refractivity contribution in [1.82, 2.24) is 0 Å². The first-order chi connectivity index (χ1) is 9.91. The average Bonchev–Trinajstić information content (AvgIpc) is 2.96. The van der Waals surface area contributed by atoms with Gasteiger partial charge in [0.25, 0.3) is 0 Å². The molecule has 1 aromatic heterocycles. The van der Waals surface area contributed by atoms with Gasteiger partial charge in [0.05, 0.1) is 7.11 Å². The van der Waals surface area contributed by atoms with Gasteiger partial charge < -0.3 is 4.74 Å². The van der Waals surface area contributed by atoms with Crippen LogP contribution in [0.4, 0.5) is 0 Å². The van der Waals surface area contributed by atoms with Gasteiger partial charge in [-0.05, 0) is 46.7 Å². The third-order valence-corrected chi connectivity index (χ3v) is 4.66. The number of allylic oxidation sites excluding steroid dienone is 1. The Morgan fingerprint density at radius 3 is 2.62 bits per heavy atom. The number of benzene rings is 1. The minimum Gasteiger partial charge on any atom is -0.495 e. The molecule has 0 N–H and O–H groups in total. The minimum atomic E-state index is -3.39.